The second-order valence-corrected chi connectivity index (χ2v) is 5.35. The summed E-state index contributed by atoms with van der Waals surface area (Å²) >= 11 is 0. The van der Waals surface area contributed by atoms with Crippen molar-refractivity contribution in [2.24, 2.45) is 0 Å². The summed E-state index contributed by atoms with van der Waals surface area (Å²) in [7, 11) is 1.55. The molecule has 124 valence electrons. The van der Waals surface area contributed by atoms with Crippen LogP contribution < -0.4 is 10.9 Å². The Bertz CT molecular complexity index is 977. The van der Waals surface area contributed by atoms with Crippen LogP contribution in [0.2, 0.25) is 0 Å². The van der Waals surface area contributed by atoms with Gasteiger partial charge in [-0.1, -0.05) is 24.3 Å². The van der Waals surface area contributed by atoms with Crippen molar-refractivity contribution in [2.45, 2.75) is 13.1 Å². The van der Waals surface area contributed by atoms with Crippen LogP contribution in [0, 0.1) is 6.92 Å². The third-order valence-electron chi connectivity index (χ3n) is 3.83. The van der Waals surface area contributed by atoms with E-state index in [9.17, 15) is 18.0 Å². The molecule has 0 spiro atoms. The average Bonchev–Trinajstić information content (AvgIpc) is 2.54. The lowest BCUT2D eigenvalue weighted by Crippen LogP contribution is -2.18. The third kappa shape index (κ3) is 2.62. The van der Waals surface area contributed by atoms with Crippen LogP contribution in [0.15, 0.2) is 47.4 Å². The summed E-state index contributed by atoms with van der Waals surface area (Å²) in [6.45, 7) is 1.80. The largest absolute Gasteiger partial charge is 0.416 e. The lowest BCUT2D eigenvalue weighted by atomic mass is 10.0. The van der Waals surface area contributed by atoms with Crippen LogP contribution in [-0.2, 0) is 6.18 Å². The van der Waals surface area contributed by atoms with E-state index in [2.05, 4.69) is 10.3 Å². The molecule has 0 amide bonds. The number of nitrogens with one attached hydrogen (secondary N) is 1. The van der Waals surface area contributed by atoms with E-state index in [1.165, 1.54) is 10.6 Å². The molecule has 0 aliphatic heterocycles. The van der Waals surface area contributed by atoms with Crippen molar-refractivity contribution in [3.8, 4) is 11.1 Å². The van der Waals surface area contributed by atoms with E-state index < -0.39 is 17.3 Å². The van der Waals surface area contributed by atoms with E-state index in [1.807, 2.05) is 0 Å². The van der Waals surface area contributed by atoms with Gasteiger partial charge in [0.25, 0.3) is 5.56 Å². The van der Waals surface area contributed by atoms with Crippen LogP contribution in [0.1, 0.15) is 11.1 Å². The fourth-order valence-corrected chi connectivity index (χ4v) is 2.65. The van der Waals surface area contributed by atoms with E-state index in [1.54, 1.807) is 38.2 Å². The molecule has 24 heavy (non-hydrogen) atoms. The highest BCUT2D eigenvalue weighted by atomic mass is 19.4. The molecule has 0 atom stereocenters. The number of nitrogens with zero attached hydrogens (tertiary/aromatic N) is 2. The zero-order chi connectivity index (χ0) is 17.5. The Balaban J connectivity index is 2.46. The van der Waals surface area contributed by atoms with Gasteiger partial charge in [0.15, 0.2) is 0 Å². The normalized spacial score (nSPS) is 11.7. The number of alkyl halides is 3. The SMILES string of the molecule is CNc1nc(=O)c(-c2ccccc2C)c2cc(C(F)(F)F)ccn12. The monoisotopic (exact) mass is 333 g/mol. The zero-order valence-corrected chi connectivity index (χ0v) is 13.0. The van der Waals surface area contributed by atoms with Crippen molar-refractivity contribution >= 4 is 11.5 Å². The predicted molar refractivity (Wildman–Crippen MR) is 86.2 cm³/mol. The van der Waals surface area contributed by atoms with Gasteiger partial charge < -0.3 is 5.32 Å². The van der Waals surface area contributed by atoms with E-state index in [4.69, 9.17) is 0 Å². The molecule has 0 saturated carbocycles. The van der Waals surface area contributed by atoms with Crippen molar-refractivity contribution in [3.05, 3.63) is 64.1 Å². The minimum Gasteiger partial charge on any atom is -0.358 e. The number of anilines is 1. The number of hydrogen-bond acceptors (Lipinski definition) is 3. The molecule has 0 saturated heterocycles. The van der Waals surface area contributed by atoms with Crippen LogP contribution in [-0.4, -0.2) is 16.4 Å². The number of aromatic nitrogens is 2. The molecule has 0 radical (unpaired) electrons. The molecule has 2 heterocycles. The fraction of sp³-hybridized carbons (Fsp3) is 0.176. The maximum atomic E-state index is 13.1. The molecule has 0 fully saturated rings. The number of pyridine rings is 1. The number of hydrogen-bond donors (Lipinski definition) is 1. The fourth-order valence-electron chi connectivity index (χ4n) is 2.65. The Kier molecular flexibility index (Phi) is 3.79. The highest BCUT2D eigenvalue weighted by Crippen LogP contribution is 2.32. The Morgan fingerprint density at radius 1 is 1.17 bits per heavy atom. The Labute approximate surface area is 135 Å². The van der Waals surface area contributed by atoms with Crippen LogP contribution in [0.3, 0.4) is 0 Å². The van der Waals surface area contributed by atoms with Gasteiger partial charge in [-0.3, -0.25) is 9.20 Å². The van der Waals surface area contributed by atoms with Crippen LogP contribution in [0.5, 0.6) is 0 Å². The van der Waals surface area contributed by atoms with Crippen LogP contribution in [0.25, 0.3) is 16.6 Å². The maximum Gasteiger partial charge on any atom is 0.416 e. The quantitative estimate of drug-likeness (QED) is 0.777. The summed E-state index contributed by atoms with van der Waals surface area (Å²) in [6, 6.07) is 8.97. The van der Waals surface area contributed by atoms with Crippen molar-refractivity contribution in [2.75, 3.05) is 12.4 Å². The topological polar surface area (TPSA) is 46.4 Å². The summed E-state index contributed by atoms with van der Waals surface area (Å²) in [6.07, 6.45) is -3.23. The first kappa shape index (κ1) is 16.0. The summed E-state index contributed by atoms with van der Waals surface area (Å²) in [4.78, 5) is 16.4. The number of halogens is 3. The molecule has 0 bridgehead atoms. The highest BCUT2D eigenvalue weighted by molar-refractivity contribution is 5.82. The van der Waals surface area contributed by atoms with Gasteiger partial charge in [-0.05, 0) is 30.2 Å². The number of rotatable bonds is 2. The lowest BCUT2D eigenvalue weighted by Gasteiger charge is -2.15. The van der Waals surface area contributed by atoms with Crippen molar-refractivity contribution in [1.82, 2.24) is 9.38 Å². The first-order chi connectivity index (χ1) is 11.3. The van der Waals surface area contributed by atoms with E-state index in [0.29, 0.717) is 5.56 Å². The first-order valence-corrected chi connectivity index (χ1v) is 7.20. The minimum atomic E-state index is -4.50. The van der Waals surface area contributed by atoms with Crippen molar-refractivity contribution in [1.29, 1.82) is 0 Å². The Morgan fingerprint density at radius 2 is 1.88 bits per heavy atom. The molecule has 0 aliphatic rings. The van der Waals surface area contributed by atoms with Gasteiger partial charge in [0.2, 0.25) is 5.95 Å². The van der Waals surface area contributed by atoms with E-state index in [-0.39, 0.29) is 17.0 Å². The first-order valence-electron chi connectivity index (χ1n) is 7.20. The van der Waals surface area contributed by atoms with Gasteiger partial charge >= 0.3 is 6.18 Å². The highest BCUT2D eigenvalue weighted by Gasteiger charge is 2.31. The average molecular weight is 333 g/mol. The van der Waals surface area contributed by atoms with Crippen molar-refractivity contribution in [3.63, 3.8) is 0 Å². The molecule has 7 heteroatoms. The minimum absolute atomic E-state index is 0.151. The molecule has 0 aliphatic carbocycles. The summed E-state index contributed by atoms with van der Waals surface area (Å²) in [5.74, 6) is 0.182. The number of benzene rings is 1. The lowest BCUT2D eigenvalue weighted by molar-refractivity contribution is -0.137. The summed E-state index contributed by atoms with van der Waals surface area (Å²) in [5, 5.41) is 2.73. The smallest absolute Gasteiger partial charge is 0.358 e. The molecular weight excluding hydrogens is 319 g/mol. The second-order valence-electron chi connectivity index (χ2n) is 5.35. The predicted octanol–water partition coefficient (Wildman–Crippen LogP) is 3.73. The molecule has 2 aromatic heterocycles. The van der Waals surface area contributed by atoms with Gasteiger partial charge in [-0.2, -0.15) is 18.2 Å². The van der Waals surface area contributed by atoms with Gasteiger partial charge in [-0.25, -0.2) is 0 Å². The van der Waals surface area contributed by atoms with Gasteiger partial charge in [-0.15, -0.1) is 0 Å². The summed E-state index contributed by atoms with van der Waals surface area (Å²) in [5.41, 5.74) is 0.266. The van der Waals surface area contributed by atoms with E-state index >= 15 is 0 Å². The molecule has 0 unspecified atom stereocenters. The van der Waals surface area contributed by atoms with Gasteiger partial charge in [0.05, 0.1) is 16.6 Å². The molecule has 1 aromatic carbocycles. The number of fused-ring (bicyclic) bond motifs is 1. The molecule has 1 N–H and O–H groups in total. The van der Waals surface area contributed by atoms with Gasteiger partial charge in [0.1, 0.15) is 0 Å². The Hall–Kier alpha value is -2.83. The summed E-state index contributed by atoms with van der Waals surface area (Å²) < 4.78 is 40.7. The third-order valence-corrected chi connectivity index (χ3v) is 3.83. The molecule has 4 nitrogen and oxygen atoms in total. The van der Waals surface area contributed by atoms with Crippen LogP contribution >= 0.6 is 0 Å². The maximum absolute atomic E-state index is 13.1. The van der Waals surface area contributed by atoms with E-state index in [0.717, 1.165) is 17.7 Å². The Morgan fingerprint density at radius 3 is 2.50 bits per heavy atom. The standard InChI is InChI=1S/C17H14F3N3O/c1-10-5-3-4-6-12(10)14-13-9-11(17(18,19)20)7-8-23(13)16(21-2)22-15(14)24/h3-9H,1-2H3,(H,21,22,24). The van der Waals surface area contributed by atoms with Crippen LogP contribution in [0.4, 0.5) is 19.1 Å². The molecule has 3 rings (SSSR count). The molecular formula is C17H14F3N3O. The molecule has 3 aromatic rings. The second kappa shape index (κ2) is 5.67. The van der Waals surface area contributed by atoms with Gasteiger partial charge in [0, 0.05) is 13.2 Å². The zero-order valence-electron chi connectivity index (χ0n) is 13.0. The van der Waals surface area contributed by atoms with Crippen molar-refractivity contribution < 1.29 is 13.2 Å². The number of aryl methyl sites for hydroxylation is 1.